The first-order chi connectivity index (χ1) is 15.1. The van der Waals surface area contributed by atoms with Crippen LogP contribution in [-0.4, -0.2) is 33.8 Å². The van der Waals surface area contributed by atoms with Gasteiger partial charge in [-0.05, 0) is 23.3 Å². The minimum absolute atomic E-state index is 0.0309. The molecule has 1 aromatic heterocycles. The first-order valence-electron chi connectivity index (χ1n) is 9.81. The highest BCUT2D eigenvalue weighted by molar-refractivity contribution is 6.36. The fraction of sp³-hybridized carbons (Fsp3) is 0.273. The summed E-state index contributed by atoms with van der Waals surface area (Å²) < 4.78 is 42.5. The fourth-order valence-electron chi connectivity index (χ4n) is 3.75. The number of amides is 1. The summed E-state index contributed by atoms with van der Waals surface area (Å²) in [5.74, 6) is -0.594. The smallest absolute Gasteiger partial charge is 0.362 e. The van der Waals surface area contributed by atoms with E-state index in [-0.39, 0.29) is 29.5 Å². The molecule has 10 heteroatoms. The van der Waals surface area contributed by atoms with Crippen molar-refractivity contribution in [3.63, 3.8) is 0 Å². The molecule has 1 aliphatic rings. The molecule has 2 aromatic carbocycles. The Kier molecular flexibility index (Phi) is 6.09. The first-order valence-corrected chi connectivity index (χ1v) is 10.6. The number of benzene rings is 2. The second kappa shape index (κ2) is 8.67. The largest absolute Gasteiger partial charge is 0.410 e. The van der Waals surface area contributed by atoms with Crippen LogP contribution in [0.5, 0.6) is 0 Å². The lowest BCUT2D eigenvalue weighted by atomic mass is 9.97. The van der Waals surface area contributed by atoms with Crippen molar-refractivity contribution in [3.8, 4) is 0 Å². The van der Waals surface area contributed by atoms with E-state index in [2.05, 4.69) is 10.4 Å². The van der Waals surface area contributed by atoms with Crippen molar-refractivity contribution in [3.05, 3.63) is 81.5 Å². The number of alkyl halides is 3. The summed E-state index contributed by atoms with van der Waals surface area (Å²) >= 11 is 12.3. The molecule has 5 nitrogen and oxygen atoms in total. The predicted molar refractivity (Wildman–Crippen MR) is 117 cm³/mol. The summed E-state index contributed by atoms with van der Waals surface area (Å²) in [7, 11) is 1.55. The van der Waals surface area contributed by atoms with Crippen LogP contribution in [-0.2, 0) is 6.54 Å². The highest BCUT2D eigenvalue weighted by atomic mass is 35.5. The zero-order valence-corrected chi connectivity index (χ0v) is 18.4. The van der Waals surface area contributed by atoms with E-state index in [0.717, 1.165) is 10.2 Å². The van der Waals surface area contributed by atoms with Crippen molar-refractivity contribution in [1.82, 2.24) is 14.7 Å². The molecule has 1 N–H and O–H groups in total. The van der Waals surface area contributed by atoms with Gasteiger partial charge in [0, 0.05) is 25.0 Å². The van der Waals surface area contributed by atoms with Gasteiger partial charge in [0.2, 0.25) is 0 Å². The molecule has 1 amide bonds. The second-order valence-electron chi connectivity index (χ2n) is 7.64. The van der Waals surface area contributed by atoms with Gasteiger partial charge in [0.25, 0.3) is 5.91 Å². The van der Waals surface area contributed by atoms with Gasteiger partial charge in [-0.1, -0.05) is 65.7 Å². The van der Waals surface area contributed by atoms with Crippen molar-refractivity contribution < 1.29 is 18.0 Å². The number of aromatic nitrogens is 2. The Morgan fingerprint density at radius 2 is 1.81 bits per heavy atom. The summed E-state index contributed by atoms with van der Waals surface area (Å²) in [6.45, 7) is 0.266. The van der Waals surface area contributed by atoms with Gasteiger partial charge in [0.05, 0.1) is 6.04 Å². The van der Waals surface area contributed by atoms with Gasteiger partial charge in [-0.3, -0.25) is 4.79 Å². The number of nitrogens with zero attached hydrogens (tertiary/aromatic N) is 3. The van der Waals surface area contributed by atoms with Crippen molar-refractivity contribution in [2.75, 3.05) is 12.4 Å². The third-order valence-corrected chi connectivity index (χ3v) is 5.99. The fourth-order valence-corrected chi connectivity index (χ4v) is 4.14. The zero-order valence-electron chi connectivity index (χ0n) is 16.9. The summed E-state index contributed by atoms with van der Waals surface area (Å²) in [4.78, 5) is 14.3. The highest BCUT2D eigenvalue weighted by Crippen LogP contribution is 2.46. The Balaban J connectivity index is 1.67. The van der Waals surface area contributed by atoms with Crippen molar-refractivity contribution in [2.24, 2.45) is 0 Å². The normalized spacial score (nSPS) is 18.1. The van der Waals surface area contributed by atoms with E-state index in [4.69, 9.17) is 23.2 Å². The minimum Gasteiger partial charge on any atom is -0.362 e. The maximum absolute atomic E-state index is 13.9. The monoisotopic (exact) mass is 482 g/mol. The van der Waals surface area contributed by atoms with E-state index >= 15 is 0 Å². The maximum Gasteiger partial charge on any atom is 0.410 e. The number of carbonyl (C=O) groups is 1. The quantitative estimate of drug-likeness (QED) is 0.487. The van der Waals surface area contributed by atoms with Gasteiger partial charge in [0.15, 0.2) is 11.7 Å². The molecule has 0 aliphatic carbocycles. The number of hydrogen-bond donors (Lipinski definition) is 1. The Bertz CT molecular complexity index is 1120. The van der Waals surface area contributed by atoms with Gasteiger partial charge >= 0.3 is 6.18 Å². The molecule has 2 atom stereocenters. The average molecular weight is 483 g/mol. The van der Waals surface area contributed by atoms with E-state index in [0.29, 0.717) is 10.6 Å². The highest BCUT2D eigenvalue weighted by Gasteiger charge is 2.48. The number of carbonyl (C=O) groups excluding carboxylic acids is 1. The van der Waals surface area contributed by atoms with E-state index in [1.165, 1.54) is 4.90 Å². The Morgan fingerprint density at radius 3 is 2.44 bits per heavy atom. The van der Waals surface area contributed by atoms with E-state index in [9.17, 15) is 18.0 Å². The molecular weight excluding hydrogens is 464 g/mol. The topological polar surface area (TPSA) is 50.2 Å². The SMILES string of the molecule is CN(Cc1ccccc1)C(=O)c1nn2c(c1Cl)NC(c1ccc(Cl)cc1)CC2C(F)(F)F. The van der Waals surface area contributed by atoms with Crippen molar-refractivity contribution in [2.45, 2.75) is 31.2 Å². The molecule has 2 heterocycles. The molecule has 0 fully saturated rings. The van der Waals surface area contributed by atoms with Gasteiger partial charge in [-0.2, -0.15) is 18.3 Å². The van der Waals surface area contributed by atoms with Crippen molar-refractivity contribution in [1.29, 1.82) is 0 Å². The second-order valence-corrected chi connectivity index (χ2v) is 8.46. The molecule has 32 heavy (non-hydrogen) atoms. The Morgan fingerprint density at radius 1 is 1.16 bits per heavy atom. The molecule has 0 bridgehead atoms. The zero-order chi connectivity index (χ0) is 23.0. The lowest BCUT2D eigenvalue weighted by Gasteiger charge is -2.33. The lowest BCUT2D eigenvalue weighted by Crippen LogP contribution is -2.36. The summed E-state index contributed by atoms with van der Waals surface area (Å²) in [6.07, 6.45) is -4.88. The third kappa shape index (κ3) is 4.42. The van der Waals surface area contributed by atoms with Crippen LogP contribution in [0.25, 0.3) is 0 Å². The summed E-state index contributed by atoms with van der Waals surface area (Å²) in [5, 5.41) is 7.36. The molecule has 168 valence electrons. The Labute approximate surface area is 192 Å². The van der Waals surface area contributed by atoms with Crippen LogP contribution in [0.15, 0.2) is 54.6 Å². The Hall–Kier alpha value is -2.71. The van der Waals surface area contributed by atoms with Crippen LogP contribution < -0.4 is 5.32 Å². The minimum atomic E-state index is -4.58. The maximum atomic E-state index is 13.9. The molecule has 0 saturated heterocycles. The molecule has 0 radical (unpaired) electrons. The summed E-state index contributed by atoms with van der Waals surface area (Å²) in [6, 6.07) is 13.2. The van der Waals surface area contributed by atoms with E-state index < -0.39 is 24.2 Å². The predicted octanol–water partition coefficient (Wildman–Crippen LogP) is 6.12. The van der Waals surface area contributed by atoms with Crippen LogP contribution in [0.3, 0.4) is 0 Å². The molecule has 0 spiro atoms. The lowest BCUT2D eigenvalue weighted by molar-refractivity contribution is -0.173. The molecule has 2 unspecified atom stereocenters. The number of hydrogen-bond acceptors (Lipinski definition) is 3. The van der Waals surface area contributed by atoms with Crippen LogP contribution in [0.4, 0.5) is 19.0 Å². The van der Waals surface area contributed by atoms with Crippen LogP contribution in [0.1, 0.15) is 40.1 Å². The van der Waals surface area contributed by atoms with Crippen LogP contribution in [0.2, 0.25) is 10.0 Å². The number of rotatable bonds is 4. The van der Waals surface area contributed by atoms with Crippen LogP contribution in [0, 0.1) is 0 Å². The van der Waals surface area contributed by atoms with Gasteiger partial charge < -0.3 is 10.2 Å². The van der Waals surface area contributed by atoms with Gasteiger partial charge in [0.1, 0.15) is 10.8 Å². The number of halogens is 5. The molecule has 0 saturated carbocycles. The number of nitrogens with one attached hydrogen (secondary N) is 1. The third-order valence-electron chi connectivity index (χ3n) is 5.38. The van der Waals surface area contributed by atoms with E-state index in [1.807, 2.05) is 30.3 Å². The first kappa shape index (κ1) is 22.5. The van der Waals surface area contributed by atoms with Gasteiger partial charge in [-0.25, -0.2) is 4.68 Å². The standard InChI is InChI=1S/C22H19Cl2F3N4O/c1-30(12-13-5-3-2-4-6-13)21(32)19-18(24)20-28-16(14-7-9-15(23)10-8-14)11-17(22(25,26)27)31(20)29-19/h2-10,16-17,28H,11-12H2,1H3. The molecular formula is C22H19Cl2F3N4O. The molecule has 4 rings (SSSR count). The average Bonchev–Trinajstić information content (AvgIpc) is 3.09. The molecule has 1 aliphatic heterocycles. The summed E-state index contributed by atoms with van der Waals surface area (Å²) in [5.41, 5.74) is 1.28. The van der Waals surface area contributed by atoms with E-state index in [1.54, 1.807) is 31.3 Å². The van der Waals surface area contributed by atoms with Crippen LogP contribution >= 0.6 is 23.2 Å². The van der Waals surface area contributed by atoms with Crippen molar-refractivity contribution >= 4 is 34.9 Å². The molecule has 3 aromatic rings. The number of fused-ring (bicyclic) bond motifs is 1. The van der Waals surface area contributed by atoms with Gasteiger partial charge in [-0.15, -0.1) is 0 Å². The number of anilines is 1.